The van der Waals surface area contributed by atoms with Crippen molar-refractivity contribution in [2.45, 2.75) is 25.3 Å². The third-order valence-corrected chi connectivity index (χ3v) is 2.89. The molecular weight excluding hydrogens is 256 g/mol. The smallest absolute Gasteiger partial charge is 0.327 e. The Morgan fingerprint density at radius 1 is 1.32 bits per heavy atom. The van der Waals surface area contributed by atoms with E-state index in [0.29, 0.717) is 18.7 Å². The number of hydrogen-bond donors (Lipinski definition) is 2. The van der Waals surface area contributed by atoms with Crippen LogP contribution in [0.1, 0.15) is 19.3 Å². The zero-order valence-corrected chi connectivity index (χ0v) is 10.3. The molecule has 0 radical (unpaired) electrons. The van der Waals surface area contributed by atoms with Crippen molar-refractivity contribution < 1.29 is 13.7 Å². The van der Waals surface area contributed by atoms with Gasteiger partial charge in [-0.15, -0.1) is 0 Å². The van der Waals surface area contributed by atoms with E-state index in [2.05, 4.69) is 10.6 Å². The molecule has 1 saturated carbocycles. The van der Waals surface area contributed by atoms with E-state index in [9.17, 15) is 18.9 Å². The Labute approximate surface area is 109 Å². The molecule has 1 fully saturated rings. The number of nitro groups is 1. The van der Waals surface area contributed by atoms with Crippen LogP contribution in [0, 0.1) is 21.7 Å². The van der Waals surface area contributed by atoms with Crippen LogP contribution in [0.25, 0.3) is 0 Å². The number of hydrogen-bond acceptors (Lipinski definition) is 4. The van der Waals surface area contributed by atoms with E-state index in [0.717, 1.165) is 19.0 Å². The molecule has 7 heteroatoms. The van der Waals surface area contributed by atoms with Crippen LogP contribution < -0.4 is 10.6 Å². The maximum atomic E-state index is 13.3. The van der Waals surface area contributed by atoms with Gasteiger partial charge in [-0.2, -0.15) is 4.39 Å². The zero-order valence-electron chi connectivity index (χ0n) is 10.3. The molecule has 1 aromatic carbocycles. The fraction of sp³-hybridized carbons (Fsp3) is 0.500. The van der Waals surface area contributed by atoms with Crippen LogP contribution in [0.3, 0.4) is 0 Å². The third-order valence-electron chi connectivity index (χ3n) is 2.89. The number of nitro benzene ring substituents is 1. The summed E-state index contributed by atoms with van der Waals surface area (Å²) in [6, 6.07) is 2.05. The molecule has 19 heavy (non-hydrogen) atoms. The summed E-state index contributed by atoms with van der Waals surface area (Å²) in [5.74, 6) is -2.00. The molecule has 0 unspecified atom stereocenters. The Balaban J connectivity index is 1.91. The second-order valence-electron chi connectivity index (χ2n) is 4.55. The topological polar surface area (TPSA) is 67.2 Å². The lowest BCUT2D eigenvalue weighted by molar-refractivity contribution is -0.386. The summed E-state index contributed by atoms with van der Waals surface area (Å²) in [5, 5.41) is 16.7. The number of nitrogens with one attached hydrogen (secondary N) is 2. The standard InChI is InChI=1S/C12H15F2N3O2/c13-8-6-10(14)12(17(18)19)11(7-8)16-5-1-4-15-9-2-3-9/h6-7,9,15-16H,1-5H2. The van der Waals surface area contributed by atoms with E-state index in [1.165, 1.54) is 12.8 Å². The van der Waals surface area contributed by atoms with Gasteiger partial charge in [0, 0.05) is 24.7 Å². The van der Waals surface area contributed by atoms with E-state index < -0.39 is 22.2 Å². The first kappa shape index (κ1) is 13.7. The average molecular weight is 271 g/mol. The lowest BCUT2D eigenvalue weighted by Gasteiger charge is -2.08. The Bertz CT molecular complexity index is 478. The third kappa shape index (κ3) is 3.85. The number of halogens is 2. The number of rotatable bonds is 7. The fourth-order valence-corrected chi connectivity index (χ4v) is 1.79. The Kier molecular flexibility index (Phi) is 4.26. The molecule has 0 heterocycles. The number of benzene rings is 1. The molecule has 1 aliphatic rings. The van der Waals surface area contributed by atoms with Crippen molar-refractivity contribution in [1.29, 1.82) is 0 Å². The summed E-state index contributed by atoms with van der Waals surface area (Å²) in [4.78, 5) is 9.88. The number of nitrogens with zero attached hydrogens (tertiary/aromatic N) is 1. The van der Waals surface area contributed by atoms with Gasteiger partial charge >= 0.3 is 5.69 Å². The van der Waals surface area contributed by atoms with Gasteiger partial charge in [0.15, 0.2) is 0 Å². The molecule has 1 aromatic rings. The molecule has 5 nitrogen and oxygen atoms in total. The second-order valence-corrected chi connectivity index (χ2v) is 4.55. The molecule has 0 spiro atoms. The van der Waals surface area contributed by atoms with Gasteiger partial charge in [0.1, 0.15) is 11.5 Å². The summed E-state index contributed by atoms with van der Waals surface area (Å²) in [6.45, 7) is 1.20. The minimum atomic E-state index is -1.16. The molecule has 0 bridgehead atoms. The van der Waals surface area contributed by atoms with Crippen LogP contribution in [0.15, 0.2) is 12.1 Å². The van der Waals surface area contributed by atoms with Gasteiger partial charge in [0.05, 0.1) is 4.92 Å². The van der Waals surface area contributed by atoms with Gasteiger partial charge in [-0.3, -0.25) is 10.1 Å². The van der Waals surface area contributed by atoms with Gasteiger partial charge in [-0.25, -0.2) is 4.39 Å². The van der Waals surface area contributed by atoms with E-state index in [1.807, 2.05) is 0 Å². The van der Waals surface area contributed by atoms with E-state index >= 15 is 0 Å². The van der Waals surface area contributed by atoms with Crippen LogP contribution in [-0.4, -0.2) is 24.1 Å². The van der Waals surface area contributed by atoms with Crippen molar-refractivity contribution in [3.8, 4) is 0 Å². The summed E-state index contributed by atoms with van der Waals surface area (Å²) < 4.78 is 26.4. The van der Waals surface area contributed by atoms with Gasteiger partial charge < -0.3 is 10.6 Å². The first-order valence-electron chi connectivity index (χ1n) is 6.18. The van der Waals surface area contributed by atoms with Crippen molar-refractivity contribution in [2.75, 3.05) is 18.4 Å². The van der Waals surface area contributed by atoms with Crippen LogP contribution in [-0.2, 0) is 0 Å². The first-order chi connectivity index (χ1) is 9.08. The largest absolute Gasteiger partial charge is 0.379 e. The monoisotopic (exact) mass is 271 g/mol. The molecule has 2 N–H and O–H groups in total. The lowest BCUT2D eigenvalue weighted by Crippen LogP contribution is -2.20. The normalized spacial score (nSPS) is 14.4. The van der Waals surface area contributed by atoms with Crippen molar-refractivity contribution >= 4 is 11.4 Å². The Morgan fingerprint density at radius 3 is 2.68 bits per heavy atom. The highest BCUT2D eigenvalue weighted by Gasteiger charge is 2.22. The lowest BCUT2D eigenvalue weighted by atomic mass is 10.2. The maximum absolute atomic E-state index is 13.3. The highest BCUT2D eigenvalue weighted by Crippen LogP contribution is 2.28. The summed E-state index contributed by atoms with van der Waals surface area (Å²) in [7, 11) is 0. The average Bonchev–Trinajstić information content (AvgIpc) is 3.10. The molecule has 0 saturated heterocycles. The van der Waals surface area contributed by atoms with Gasteiger partial charge in [-0.05, 0) is 25.8 Å². The van der Waals surface area contributed by atoms with Crippen molar-refractivity contribution in [1.82, 2.24) is 5.32 Å². The Hall–Kier alpha value is -1.76. The van der Waals surface area contributed by atoms with E-state index in [1.54, 1.807) is 0 Å². The predicted octanol–water partition coefficient (Wildman–Crippen LogP) is 2.43. The second kappa shape index (κ2) is 5.92. The van der Waals surface area contributed by atoms with E-state index in [-0.39, 0.29) is 5.69 Å². The van der Waals surface area contributed by atoms with Crippen LogP contribution in [0.4, 0.5) is 20.2 Å². The van der Waals surface area contributed by atoms with Crippen LogP contribution >= 0.6 is 0 Å². The summed E-state index contributed by atoms with van der Waals surface area (Å²) >= 11 is 0. The molecular formula is C12H15F2N3O2. The fourth-order valence-electron chi connectivity index (χ4n) is 1.79. The number of anilines is 1. The zero-order chi connectivity index (χ0) is 13.8. The van der Waals surface area contributed by atoms with Gasteiger partial charge in [0.25, 0.3) is 0 Å². The molecule has 1 aliphatic carbocycles. The molecule has 0 aliphatic heterocycles. The molecule has 104 valence electrons. The Morgan fingerprint density at radius 2 is 2.05 bits per heavy atom. The van der Waals surface area contributed by atoms with Gasteiger partial charge in [-0.1, -0.05) is 0 Å². The predicted molar refractivity (Wildman–Crippen MR) is 67.1 cm³/mol. The highest BCUT2D eigenvalue weighted by molar-refractivity contribution is 5.62. The minimum Gasteiger partial charge on any atom is -0.379 e. The molecule has 0 atom stereocenters. The summed E-state index contributed by atoms with van der Waals surface area (Å²) in [5.41, 5.74) is -0.828. The van der Waals surface area contributed by atoms with Crippen molar-refractivity contribution in [3.63, 3.8) is 0 Å². The van der Waals surface area contributed by atoms with E-state index in [4.69, 9.17) is 0 Å². The highest BCUT2D eigenvalue weighted by atomic mass is 19.1. The molecule has 2 rings (SSSR count). The first-order valence-corrected chi connectivity index (χ1v) is 6.18. The molecule has 0 amide bonds. The SMILES string of the molecule is O=[N+]([O-])c1c(F)cc(F)cc1NCCCNC1CC1. The van der Waals surface area contributed by atoms with Crippen molar-refractivity contribution in [3.05, 3.63) is 33.9 Å². The van der Waals surface area contributed by atoms with Crippen molar-refractivity contribution in [2.24, 2.45) is 0 Å². The summed E-state index contributed by atoms with van der Waals surface area (Å²) in [6.07, 6.45) is 3.10. The minimum absolute atomic E-state index is 0.117. The quantitative estimate of drug-likeness (QED) is 0.454. The van der Waals surface area contributed by atoms with Crippen LogP contribution in [0.5, 0.6) is 0 Å². The molecule has 0 aromatic heterocycles. The maximum Gasteiger partial charge on any atom is 0.327 e. The van der Waals surface area contributed by atoms with Crippen LogP contribution in [0.2, 0.25) is 0 Å². The van der Waals surface area contributed by atoms with Gasteiger partial charge in [0.2, 0.25) is 5.82 Å².